The van der Waals surface area contributed by atoms with Crippen molar-refractivity contribution in [1.82, 2.24) is 0 Å². The quantitative estimate of drug-likeness (QED) is 0.822. The van der Waals surface area contributed by atoms with E-state index >= 15 is 0 Å². The van der Waals surface area contributed by atoms with E-state index in [0.717, 1.165) is 11.3 Å². The average molecular weight is 328 g/mol. The van der Waals surface area contributed by atoms with Crippen molar-refractivity contribution in [3.63, 3.8) is 0 Å². The van der Waals surface area contributed by atoms with Crippen LogP contribution in [0.5, 0.6) is 5.75 Å². The number of sulfonamides is 1. The molecule has 20 heavy (non-hydrogen) atoms. The predicted molar refractivity (Wildman–Crippen MR) is 84.0 cm³/mol. The minimum absolute atomic E-state index is 0.145. The number of para-hydroxylation sites is 2. The first kappa shape index (κ1) is 14.8. The van der Waals surface area contributed by atoms with Gasteiger partial charge in [0.15, 0.2) is 0 Å². The highest BCUT2D eigenvalue weighted by atomic mass is 32.2. The Morgan fingerprint density at radius 1 is 1.30 bits per heavy atom. The summed E-state index contributed by atoms with van der Waals surface area (Å²) in [6, 6.07) is 9.83. The fourth-order valence-corrected chi connectivity index (χ4v) is 3.94. The summed E-state index contributed by atoms with van der Waals surface area (Å²) in [4.78, 5) is 0.731. The van der Waals surface area contributed by atoms with Crippen LogP contribution >= 0.6 is 23.6 Å². The van der Waals surface area contributed by atoms with Crippen molar-refractivity contribution in [2.75, 3.05) is 11.8 Å². The van der Waals surface area contributed by atoms with Crippen LogP contribution in [0.4, 0.5) is 5.69 Å². The van der Waals surface area contributed by atoms with Gasteiger partial charge in [-0.2, -0.15) is 0 Å². The second kappa shape index (κ2) is 5.78. The van der Waals surface area contributed by atoms with Crippen molar-refractivity contribution in [3.05, 3.63) is 41.3 Å². The van der Waals surface area contributed by atoms with Crippen LogP contribution in [0.1, 0.15) is 4.88 Å². The van der Waals surface area contributed by atoms with Crippen molar-refractivity contribution in [1.29, 1.82) is 0 Å². The predicted octanol–water partition coefficient (Wildman–Crippen LogP) is 2.19. The molecule has 0 saturated carbocycles. The molecule has 3 N–H and O–H groups in total. The number of ether oxygens (including phenoxy) is 1. The van der Waals surface area contributed by atoms with Gasteiger partial charge in [0.2, 0.25) is 0 Å². The van der Waals surface area contributed by atoms with E-state index in [9.17, 15) is 8.42 Å². The molecule has 1 heterocycles. The van der Waals surface area contributed by atoms with Crippen molar-refractivity contribution in [2.45, 2.75) is 4.21 Å². The zero-order chi connectivity index (χ0) is 14.8. The van der Waals surface area contributed by atoms with Crippen LogP contribution in [0.15, 0.2) is 40.6 Å². The van der Waals surface area contributed by atoms with E-state index in [1.807, 2.05) is 0 Å². The molecule has 8 heteroatoms. The van der Waals surface area contributed by atoms with Crippen molar-refractivity contribution in [3.8, 4) is 5.75 Å². The lowest BCUT2D eigenvalue weighted by Gasteiger charge is -2.10. The van der Waals surface area contributed by atoms with Crippen LogP contribution in [0.3, 0.4) is 0 Å². The molecular formula is C12H12N2O3S3. The van der Waals surface area contributed by atoms with Gasteiger partial charge in [-0.1, -0.05) is 24.4 Å². The maximum atomic E-state index is 12.3. The molecule has 0 bridgehead atoms. The fraction of sp³-hybridized carbons (Fsp3) is 0.0833. The summed E-state index contributed by atoms with van der Waals surface area (Å²) >= 11 is 5.84. The molecule has 0 saturated heterocycles. The van der Waals surface area contributed by atoms with Gasteiger partial charge in [-0.25, -0.2) is 8.42 Å². The number of rotatable bonds is 5. The first-order chi connectivity index (χ1) is 9.44. The van der Waals surface area contributed by atoms with Crippen LogP contribution in [0.25, 0.3) is 0 Å². The highest BCUT2D eigenvalue weighted by Crippen LogP contribution is 2.28. The first-order valence-corrected chi connectivity index (χ1v) is 8.20. The van der Waals surface area contributed by atoms with Crippen molar-refractivity contribution >= 4 is 44.3 Å². The number of methoxy groups -OCH3 is 1. The molecule has 2 aromatic rings. The zero-order valence-corrected chi connectivity index (χ0v) is 12.9. The number of hydrogen-bond donors (Lipinski definition) is 2. The Kier molecular flexibility index (Phi) is 4.26. The van der Waals surface area contributed by atoms with E-state index in [4.69, 9.17) is 22.7 Å². The van der Waals surface area contributed by atoms with Gasteiger partial charge < -0.3 is 10.5 Å². The number of anilines is 1. The molecule has 0 aliphatic carbocycles. The number of benzene rings is 1. The van der Waals surface area contributed by atoms with Gasteiger partial charge in [0.05, 0.1) is 17.7 Å². The number of thiophene rings is 1. The molecule has 0 aliphatic rings. The Morgan fingerprint density at radius 3 is 2.60 bits per heavy atom. The summed E-state index contributed by atoms with van der Waals surface area (Å²) in [5, 5.41) is 0. The number of thiocarbonyl (C=S) groups is 1. The lowest BCUT2D eigenvalue weighted by molar-refractivity contribution is 0.417. The SMILES string of the molecule is COc1ccccc1NS(=O)(=O)c1ccc(C(N)=S)s1. The Balaban J connectivity index is 2.33. The van der Waals surface area contributed by atoms with Crippen LogP contribution in [0.2, 0.25) is 0 Å². The zero-order valence-electron chi connectivity index (χ0n) is 10.5. The van der Waals surface area contributed by atoms with Crippen LogP contribution < -0.4 is 15.2 Å². The third kappa shape index (κ3) is 3.09. The molecule has 0 amide bonds. The highest BCUT2D eigenvalue weighted by molar-refractivity contribution is 7.94. The Hall–Kier alpha value is -1.64. The normalized spacial score (nSPS) is 11.1. The molecule has 2 rings (SSSR count). The highest BCUT2D eigenvalue weighted by Gasteiger charge is 2.19. The van der Waals surface area contributed by atoms with Gasteiger partial charge in [-0.3, -0.25) is 4.72 Å². The van der Waals surface area contributed by atoms with Gasteiger partial charge in [0, 0.05) is 0 Å². The number of nitrogens with one attached hydrogen (secondary N) is 1. The topological polar surface area (TPSA) is 81.4 Å². The van der Waals surface area contributed by atoms with E-state index < -0.39 is 10.0 Å². The molecule has 0 atom stereocenters. The second-order valence-electron chi connectivity index (χ2n) is 3.79. The smallest absolute Gasteiger partial charge is 0.271 e. The fourth-order valence-electron chi connectivity index (χ4n) is 1.52. The summed E-state index contributed by atoms with van der Waals surface area (Å²) in [6.45, 7) is 0. The molecule has 0 spiro atoms. The molecule has 0 fully saturated rings. The van der Waals surface area contributed by atoms with Gasteiger partial charge in [0.1, 0.15) is 14.9 Å². The lowest BCUT2D eigenvalue weighted by atomic mass is 10.3. The van der Waals surface area contributed by atoms with E-state index in [-0.39, 0.29) is 9.20 Å². The number of nitrogens with two attached hydrogens (primary N) is 1. The second-order valence-corrected chi connectivity index (χ2v) is 7.22. The van der Waals surface area contributed by atoms with Crippen LogP contribution in [0, 0.1) is 0 Å². The van der Waals surface area contributed by atoms with Crippen molar-refractivity contribution in [2.24, 2.45) is 5.73 Å². The summed E-state index contributed by atoms with van der Waals surface area (Å²) in [6.07, 6.45) is 0. The largest absolute Gasteiger partial charge is 0.495 e. The minimum atomic E-state index is -3.69. The number of hydrogen-bond acceptors (Lipinski definition) is 5. The molecule has 106 valence electrons. The van der Waals surface area contributed by atoms with Gasteiger partial charge in [-0.15, -0.1) is 11.3 Å². The summed E-state index contributed by atoms with van der Waals surface area (Å²) in [5.41, 5.74) is 5.85. The Labute approximate surface area is 126 Å². The van der Waals surface area contributed by atoms with Gasteiger partial charge in [0.25, 0.3) is 10.0 Å². The summed E-state index contributed by atoms with van der Waals surface area (Å²) < 4.78 is 32.3. The molecule has 0 radical (unpaired) electrons. The molecule has 0 aliphatic heterocycles. The third-order valence-corrected chi connectivity index (χ3v) is 5.77. The molecule has 0 unspecified atom stereocenters. The van der Waals surface area contributed by atoms with E-state index in [0.29, 0.717) is 16.3 Å². The van der Waals surface area contributed by atoms with Crippen LogP contribution in [-0.2, 0) is 10.0 Å². The average Bonchev–Trinajstić information content (AvgIpc) is 2.89. The Bertz CT molecular complexity index is 738. The molecular weight excluding hydrogens is 316 g/mol. The lowest BCUT2D eigenvalue weighted by Crippen LogP contribution is -2.12. The maximum Gasteiger partial charge on any atom is 0.271 e. The van der Waals surface area contributed by atoms with E-state index in [1.54, 1.807) is 30.3 Å². The van der Waals surface area contributed by atoms with E-state index in [1.165, 1.54) is 13.2 Å². The summed E-state index contributed by atoms with van der Waals surface area (Å²) in [5.74, 6) is 0.446. The minimum Gasteiger partial charge on any atom is -0.495 e. The standard InChI is InChI=1S/C12H12N2O3S3/c1-17-9-5-3-2-4-8(9)14-20(15,16)11-7-6-10(19-11)12(13)18/h2-7,14H,1H3,(H2,13,18). The summed E-state index contributed by atoms with van der Waals surface area (Å²) in [7, 11) is -2.21. The molecule has 1 aromatic carbocycles. The van der Waals surface area contributed by atoms with Crippen molar-refractivity contribution < 1.29 is 13.2 Å². The maximum absolute atomic E-state index is 12.3. The van der Waals surface area contributed by atoms with Crippen LogP contribution in [-0.4, -0.2) is 20.5 Å². The monoisotopic (exact) mass is 328 g/mol. The third-order valence-electron chi connectivity index (χ3n) is 2.44. The van der Waals surface area contributed by atoms with Gasteiger partial charge >= 0.3 is 0 Å². The van der Waals surface area contributed by atoms with Gasteiger partial charge in [-0.05, 0) is 24.3 Å². The molecule has 1 aromatic heterocycles. The Morgan fingerprint density at radius 2 is 2.00 bits per heavy atom. The van der Waals surface area contributed by atoms with E-state index in [2.05, 4.69) is 4.72 Å². The first-order valence-electron chi connectivity index (χ1n) is 5.49. The molecule has 5 nitrogen and oxygen atoms in total.